The molecule has 1 saturated heterocycles. The Hall–Kier alpha value is -3.62. The Morgan fingerprint density at radius 1 is 1.09 bits per heavy atom. The number of piperidine rings is 1. The van der Waals surface area contributed by atoms with Crippen molar-refractivity contribution in [3.63, 3.8) is 0 Å². The molecular formula is C23H28N6O3. The number of anilines is 2. The van der Waals surface area contributed by atoms with Crippen molar-refractivity contribution in [3.8, 4) is 17.3 Å². The maximum absolute atomic E-state index is 13.0. The fraction of sp³-hybridized carbons (Fsp3) is 0.391. The van der Waals surface area contributed by atoms with Gasteiger partial charge in [-0.2, -0.15) is 5.10 Å². The lowest BCUT2D eigenvalue weighted by molar-refractivity contribution is -0.120. The first-order valence-corrected chi connectivity index (χ1v) is 10.6. The molecule has 0 bridgehead atoms. The van der Waals surface area contributed by atoms with Crippen molar-refractivity contribution in [3.05, 3.63) is 48.0 Å². The Morgan fingerprint density at radius 2 is 1.91 bits per heavy atom. The van der Waals surface area contributed by atoms with Crippen LogP contribution in [0.15, 0.2) is 36.7 Å². The topological polar surface area (TPSA) is 94.4 Å². The van der Waals surface area contributed by atoms with E-state index >= 15 is 0 Å². The molecule has 9 nitrogen and oxygen atoms in total. The average Bonchev–Trinajstić information content (AvgIpc) is 3.17. The molecule has 9 heteroatoms. The van der Waals surface area contributed by atoms with E-state index in [1.807, 2.05) is 30.7 Å². The van der Waals surface area contributed by atoms with Crippen LogP contribution in [0.2, 0.25) is 0 Å². The van der Waals surface area contributed by atoms with Gasteiger partial charge in [-0.25, -0.2) is 14.6 Å². The SMILES string of the molecule is COc1ccc(NC(=O)C2CCCN(c3cc(-n4nc(C)cc4C)ncn3)C2)c(OC)c1. The van der Waals surface area contributed by atoms with Gasteiger partial charge >= 0.3 is 0 Å². The summed E-state index contributed by atoms with van der Waals surface area (Å²) in [6.07, 6.45) is 3.26. The molecule has 0 saturated carbocycles. The van der Waals surface area contributed by atoms with Gasteiger partial charge in [0.1, 0.15) is 23.6 Å². The molecule has 0 spiro atoms. The molecule has 1 aromatic carbocycles. The highest BCUT2D eigenvalue weighted by atomic mass is 16.5. The first-order chi connectivity index (χ1) is 15.5. The number of nitrogens with zero attached hydrogens (tertiary/aromatic N) is 5. The molecule has 1 N–H and O–H groups in total. The van der Waals surface area contributed by atoms with Gasteiger partial charge in [-0.3, -0.25) is 4.79 Å². The molecule has 168 valence electrons. The van der Waals surface area contributed by atoms with E-state index in [1.165, 1.54) is 0 Å². The number of hydrogen-bond acceptors (Lipinski definition) is 7. The number of benzene rings is 1. The van der Waals surface area contributed by atoms with Crippen LogP contribution in [0.5, 0.6) is 11.5 Å². The minimum Gasteiger partial charge on any atom is -0.497 e. The predicted octanol–water partition coefficient (Wildman–Crippen LogP) is 3.15. The lowest BCUT2D eigenvalue weighted by Crippen LogP contribution is -2.41. The van der Waals surface area contributed by atoms with Crippen LogP contribution in [0.4, 0.5) is 11.5 Å². The smallest absolute Gasteiger partial charge is 0.229 e. The maximum atomic E-state index is 13.0. The van der Waals surface area contributed by atoms with E-state index in [0.717, 1.165) is 42.4 Å². The highest BCUT2D eigenvalue weighted by Crippen LogP contribution is 2.30. The van der Waals surface area contributed by atoms with Crippen molar-refractivity contribution in [1.82, 2.24) is 19.7 Å². The Balaban J connectivity index is 1.49. The van der Waals surface area contributed by atoms with E-state index in [9.17, 15) is 4.79 Å². The van der Waals surface area contributed by atoms with Crippen molar-refractivity contribution in [2.45, 2.75) is 26.7 Å². The predicted molar refractivity (Wildman–Crippen MR) is 122 cm³/mol. The van der Waals surface area contributed by atoms with Crippen LogP contribution < -0.4 is 19.7 Å². The fourth-order valence-corrected chi connectivity index (χ4v) is 4.02. The third-order valence-corrected chi connectivity index (χ3v) is 5.65. The van der Waals surface area contributed by atoms with E-state index in [2.05, 4.69) is 25.3 Å². The van der Waals surface area contributed by atoms with Gasteiger partial charge in [0.2, 0.25) is 5.91 Å². The van der Waals surface area contributed by atoms with Gasteiger partial charge in [-0.15, -0.1) is 0 Å². The number of methoxy groups -OCH3 is 2. The largest absolute Gasteiger partial charge is 0.497 e. The van der Waals surface area contributed by atoms with E-state index in [-0.39, 0.29) is 11.8 Å². The van der Waals surface area contributed by atoms with Crippen molar-refractivity contribution < 1.29 is 14.3 Å². The van der Waals surface area contributed by atoms with Crippen molar-refractivity contribution >= 4 is 17.4 Å². The Labute approximate surface area is 187 Å². The summed E-state index contributed by atoms with van der Waals surface area (Å²) in [5.41, 5.74) is 2.58. The second kappa shape index (κ2) is 9.25. The first kappa shape index (κ1) is 21.6. The van der Waals surface area contributed by atoms with Gasteiger partial charge < -0.3 is 19.7 Å². The molecule has 2 aromatic heterocycles. The number of carbonyl (C=O) groups is 1. The number of aromatic nitrogens is 4. The summed E-state index contributed by atoms with van der Waals surface area (Å²) in [5, 5.41) is 7.52. The third kappa shape index (κ3) is 4.51. The summed E-state index contributed by atoms with van der Waals surface area (Å²) >= 11 is 0. The molecule has 1 fully saturated rings. The molecule has 3 aromatic rings. The Kier molecular flexibility index (Phi) is 6.25. The summed E-state index contributed by atoms with van der Waals surface area (Å²) in [5.74, 6) is 2.55. The van der Waals surface area contributed by atoms with E-state index in [0.29, 0.717) is 23.7 Å². The van der Waals surface area contributed by atoms with Crippen LogP contribution in [0, 0.1) is 19.8 Å². The van der Waals surface area contributed by atoms with Gasteiger partial charge in [-0.1, -0.05) is 0 Å². The standard InChI is InChI=1S/C23H28N6O3/c1-15-10-16(2)29(27-15)22-12-21(24-14-25-22)28-9-5-6-17(13-28)23(30)26-19-8-7-18(31-3)11-20(19)32-4/h7-8,10-12,14,17H,5-6,9,13H2,1-4H3,(H,26,30). The minimum absolute atomic E-state index is 0.0361. The van der Waals surface area contributed by atoms with Gasteiger partial charge in [0.25, 0.3) is 0 Å². The van der Waals surface area contributed by atoms with E-state index in [1.54, 1.807) is 38.7 Å². The lowest BCUT2D eigenvalue weighted by Gasteiger charge is -2.33. The minimum atomic E-state index is -0.164. The fourth-order valence-electron chi connectivity index (χ4n) is 4.02. The third-order valence-electron chi connectivity index (χ3n) is 5.65. The van der Waals surface area contributed by atoms with E-state index < -0.39 is 0 Å². The number of nitrogens with one attached hydrogen (secondary N) is 1. The highest BCUT2D eigenvalue weighted by Gasteiger charge is 2.27. The number of carbonyl (C=O) groups excluding carboxylic acids is 1. The molecule has 4 rings (SSSR count). The molecular weight excluding hydrogens is 408 g/mol. The van der Waals surface area contributed by atoms with Crippen LogP contribution in [0.3, 0.4) is 0 Å². The molecule has 0 aliphatic carbocycles. The molecule has 3 heterocycles. The van der Waals surface area contributed by atoms with Gasteiger partial charge in [0.15, 0.2) is 5.82 Å². The molecule has 1 amide bonds. The number of rotatable bonds is 6. The highest BCUT2D eigenvalue weighted by molar-refractivity contribution is 5.94. The summed E-state index contributed by atoms with van der Waals surface area (Å²) in [6, 6.07) is 9.28. The maximum Gasteiger partial charge on any atom is 0.229 e. The number of hydrogen-bond donors (Lipinski definition) is 1. The number of amides is 1. The van der Waals surface area contributed by atoms with Crippen LogP contribution >= 0.6 is 0 Å². The van der Waals surface area contributed by atoms with Crippen LogP contribution in [-0.2, 0) is 4.79 Å². The van der Waals surface area contributed by atoms with Crippen LogP contribution in [-0.4, -0.2) is 53.0 Å². The quantitative estimate of drug-likeness (QED) is 0.634. The first-order valence-electron chi connectivity index (χ1n) is 10.6. The molecule has 0 radical (unpaired) electrons. The summed E-state index contributed by atoms with van der Waals surface area (Å²) < 4.78 is 12.4. The van der Waals surface area contributed by atoms with Gasteiger partial charge in [0, 0.05) is 30.9 Å². The Bertz CT molecular complexity index is 1110. The molecule has 1 aliphatic rings. The number of ether oxygens (including phenoxy) is 2. The molecule has 1 aliphatic heterocycles. The van der Waals surface area contributed by atoms with Gasteiger partial charge in [0.05, 0.1) is 31.5 Å². The van der Waals surface area contributed by atoms with Gasteiger partial charge in [-0.05, 0) is 44.9 Å². The average molecular weight is 437 g/mol. The second-order valence-electron chi connectivity index (χ2n) is 7.91. The normalized spacial score (nSPS) is 16.0. The van der Waals surface area contributed by atoms with Crippen LogP contribution in [0.25, 0.3) is 5.82 Å². The zero-order valence-electron chi connectivity index (χ0n) is 18.8. The number of aryl methyl sites for hydroxylation is 2. The summed E-state index contributed by atoms with van der Waals surface area (Å²) in [7, 11) is 3.17. The Morgan fingerprint density at radius 3 is 2.62 bits per heavy atom. The zero-order chi connectivity index (χ0) is 22.7. The summed E-state index contributed by atoms with van der Waals surface area (Å²) in [6.45, 7) is 5.37. The monoisotopic (exact) mass is 436 g/mol. The zero-order valence-corrected chi connectivity index (χ0v) is 18.8. The van der Waals surface area contributed by atoms with Crippen molar-refractivity contribution in [2.75, 3.05) is 37.5 Å². The lowest BCUT2D eigenvalue weighted by atomic mass is 9.97. The molecule has 32 heavy (non-hydrogen) atoms. The van der Waals surface area contributed by atoms with Crippen molar-refractivity contribution in [1.29, 1.82) is 0 Å². The summed E-state index contributed by atoms with van der Waals surface area (Å²) in [4.78, 5) is 24.0. The van der Waals surface area contributed by atoms with Crippen molar-refractivity contribution in [2.24, 2.45) is 5.92 Å². The molecule has 1 atom stereocenters. The van der Waals surface area contributed by atoms with Crippen LogP contribution in [0.1, 0.15) is 24.2 Å². The second-order valence-corrected chi connectivity index (χ2v) is 7.91. The van der Waals surface area contributed by atoms with E-state index in [4.69, 9.17) is 9.47 Å². The molecule has 1 unspecified atom stereocenters.